The molecule has 6 atom stereocenters. The molecular weight excluding hydrogens is 458 g/mol. The van der Waals surface area contributed by atoms with Crippen molar-refractivity contribution in [2.24, 2.45) is 0 Å². The number of furan rings is 1. The molecule has 2 aliphatic heterocycles. The molecule has 2 fully saturated rings. The second-order valence-corrected chi connectivity index (χ2v) is 10.4. The number of rotatable bonds is 5. The van der Waals surface area contributed by atoms with Gasteiger partial charge in [-0.25, -0.2) is 0 Å². The summed E-state index contributed by atoms with van der Waals surface area (Å²) in [7, 11) is 1.75. The van der Waals surface area contributed by atoms with Crippen molar-refractivity contribution in [2.45, 2.75) is 60.9 Å². The average Bonchev–Trinajstić information content (AvgIpc) is 3.51. The number of piperidine rings is 1. The Bertz CT molecular complexity index is 1300. The molecule has 1 spiro atoms. The second kappa shape index (κ2) is 7.99. The molecule has 4 aliphatic rings. The van der Waals surface area contributed by atoms with Gasteiger partial charge in [0.25, 0.3) is 0 Å². The summed E-state index contributed by atoms with van der Waals surface area (Å²) >= 11 is 0. The maximum absolute atomic E-state index is 13.2. The lowest BCUT2D eigenvalue weighted by molar-refractivity contribution is -0.205. The van der Waals surface area contributed by atoms with E-state index in [2.05, 4.69) is 17.5 Å². The first-order valence-electron chi connectivity index (χ1n) is 12.3. The molecule has 1 aromatic heterocycles. The van der Waals surface area contributed by atoms with E-state index in [1.165, 1.54) is 6.08 Å². The topological polar surface area (TPSA) is 110 Å². The van der Waals surface area contributed by atoms with Crippen molar-refractivity contribution in [1.29, 1.82) is 5.26 Å². The van der Waals surface area contributed by atoms with E-state index in [9.17, 15) is 20.3 Å². The number of nitrogens with zero attached hydrogens (tertiary/aromatic N) is 3. The maximum Gasteiger partial charge on any atom is 0.246 e. The lowest BCUT2D eigenvalue weighted by Gasteiger charge is -2.65. The standard InChI is InChI=1S/C28H29N3O5/c1-3-11-31-19(15-29)14-27-24-18-5-6-21(32)25(24)36-26(27)20(8-10-28(27,34)22(31)13-18)30(2)23(33)7-4-17-9-12-35-16-17/h3-7,9,12,16,19-20,22,26,32,34H,1,8,10-11,13-14H2,2H3/b7-4+/t19?,20-,22-,26+,27+,28-/m1/s1. The number of likely N-dealkylation sites (tertiary alicyclic amines) is 1. The van der Waals surface area contributed by atoms with Crippen LogP contribution in [0.3, 0.4) is 0 Å². The van der Waals surface area contributed by atoms with Crippen molar-refractivity contribution in [3.05, 3.63) is 66.1 Å². The van der Waals surface area contributed by atoms with E-state index in [-0.39, 0.29) is 23.7 Å². The van der Waals surface area contributed by atoms with Crippen LogP contribution in [0.2, 0.25) is 0 Å². The summed E-state index contributed by atoms with van der Waals surface area (Å²) in [6.45, 7) is 4.37. The van der Waals surface area contributed by atoms with Gasteiger partial charge in [-0.2, -0.15) is 5.26 Å². The summed E-state index contributed by atoms with van der Waals surface area (Å²) in [5.74, 6) is 0.207. The zero-order valence-electron chi connectivity index (χ0n) is 20.1. The van der Waals surface area contributed by atoms with Crippen LogP contribution in [-0.4, -0.2) is 69.3 Å². The molecule has 2 aliphatic carbocycles. The van der Waals surface area contributed by atoms with Crippen molar-refractivity contribution in [1.82, 2.24) is 9.80 Å². The molecule has 3 heterocycles. The Hall–Kier alpha value is -3.54. The van der Waals surface area contributed by atoms with Gasteiger partial charge in [-0.05, 0) is 49.5 Å². The van der Waals surface area contributed by atoms with E-state index < -0.39 is 23.2 Å². The molecule has 0 radical (unpaired) electrons. The SMILES string of the molecule is C=CCN1C(C#N)C[C@]23c4c5ccc(O)c4O[C@H]2[C@H](N(C)C(=O)/C=C/c2ccoc2)CC[C@@]3(O)[C@H]1C5. The highest BCUT2D eigenvalue weighted by Crippen LogP contribution is 2.66. The first-order valence-corrected chi connectivity index (χ1v) is 12.3. The highest BCUT2D eigenvalue weighted by atomic mass is 16.5. The molecule has 1 aromatic carbocycles. The van der Waals surface area contributed by atoms with E-state index in [0.717, 1.165) is 16.7 Å². The number of carbonyl (C=O) groups excluding carboxylic acids is 1. The molecule has 6 rings (SSSR count). The predicted octanol–water partition coefficient (Wildman–Crippen LogP) is 2.76. The molecule has 2 aromatic rings. The summed E-state index contributed by atoms with van der Waals surface area (Å²) in [5.41, 5.74) is 0.522. The third kappa shape index (κ3) is 2.84. The van der Waals surface area contributed by atoms with Gasteiger partial charge in [0.1, 0.15) is 6.10 Å². The number of hydrogen-bond donors (Lipinski definition) is 2. The van der Waals surface area contributed by atoms with Crippen molar-refractivity contribution in [3.63, 3.8) is 0 Å². The van der Waals surface area contributed by atoms with E-state index >= 15 is 0 Å². The van der Waals surface area contributed by atoms with Gasteiger partial charge in [0.2, 0.25) is 5.91 Å². The van der Waals surface area contributed by atoms with Crippen molar-refractivity contribution >= 4 is 12.0 Å². The minimum absolute atomic E-state index is 0.0212. The summed E-state index contributed by atoms with van der Waals surface area (Å²) in [6.07, 6.45) is 9.37. The fourth-order valence-electron chi connectivity index (χ4n) is 7.38. The highest BCUT2D eigenvalue weighted by molar-refractivity contribution is 5.92. The Morgan fingerprint density at radius 1 is 1.42 bits per heavy atom. The average molecular weight is 488 g/mol. The fourth-order valence-corrected chi connectivity index (χ4v) is 7.38. The van der Waals surface area contributed by atoms with Crippen LogP contribution in [0.15, 0.2) is 53.9 Å². The van der Waals surface area contributed by atoms with Crippen molar-refractivity contribution in [3.8, 4) is 17.6 Å². The van der Waals surface area contributed by atoms with Crippen LogP contribution in [0.4, 0.5) is 0 Å². The first-order chi connectivity index (χ1) is 17.4. The molecule has 2 N–H and O–H groups in total. The number of likely N-dealkylation sites (N-methyl/N-ethyl adjacent to an activating group) is 1. The molecule has 1 unspecified atom stereocenters. The molecule has 36 heavy (non-hydrogen) atoms. The number of phenols is 1. The molecule has 1 amide bonds. The third-order valence-corrected chi connectivity index (χ3v) is 8.92. The number of amides is 1. The maximum atomic E-state index is 13.2. The Balaban J connectivity index is 1.45. The fraction of sp³-hybridized carbons (Fsp3) is 0.429. The van der Waals surface area contributed by atoms with E-state index in [1.54, 1.807) is 48.8 Å². The van der Waals surface area contributed by atoms with Crippen molar-refractivity contribution in [2.75, 3.05) is 13.6 Å². The number of ether oxygens (including phenoxy) is 1. The van der Waals surface area contributed by atoms with Crippen LogP contribution in [-0.2, 0) is 16.6 Å². The predicted molar refractivity (Wildman–Crippen MR) is 131 cm³/mol. The van der Waals surface area contributed by atoms with Crippen LogP contribution >= 0.6 is 0 Å². The highest BCUT2D eigenvalue weighted by Gasteiger charge is 2.74. The van der Waals surface area contributed by atoms with E-state index in [0.29, 0.717) is 38.0 Å². The second-order valence-electron chi connectivity index (χ2n) is 10.4. The lowest BCUT2D eigenvalue weighted by Crippen LogP contribution is -2.79. The summed E-state index contributed by atoms with van der Waals surface area (Å²) < 4.78 is 11.6. The van der Waals surface area contributed by atoms with Gasteiger partial charge in [-0.3, -0.25) is 9.69 Å². The number of phenolic OH excluding ortho intramolecular Hbond substituents is 1. The number of aliphatic hydroxyl groups is 1. The minimum Gasteiger partial charge on any atom is -0.504 e. The van der Waals surface area contributed by atoms with E-state index in [1.807, 2.05) is 6.07 Å². The van der Waals surface area contributed by atoms with Gasteiger partial charge < -0.3 is 24.3 Å². The van der Waals surface area contributed by atoms with Crippen LogP contribution in [0.25, 0.3) is 6.08 Å². The largest absolute Gasteiger partial charge is 0.504 e. The first kappa shape index (κ1) is 22.9. The monoisotopic (exact) mass is 487 g/mol. The Kier molecular flexibility index (Phi) is 5.08. The van der Waals surface area contributed by atoms with Gasteiger partial charge in [-0.1, -0.05) is 12.1 Å². The Labute approximate surface area is 209 Å². The quantitative estimate of drug-likeness (QED) is 0.493. The number of nitriles is 1. The minimum atomic E-state index is -1.17. The molecule has 1 saturated carbocycles. The Morgan fingerprint density at radius 2 is 2.25 bits per heavy atom. The molecule has 186 valence electrons. The van der Waals surface area contributed by atoms with Crippen molar-refractivity contribution < 1.29 is 24.2 Å². The number of benzene rings is 1. The zero-order chi connectivity index (χ0) is 25.2. The molecule has 8 heteroatoms. The lowest BCUT2D eigenvalue weighted by atomic mass is 9.47. The summed E-state index contributed by atoms with van der Waals surface area (Å²) in [4.78, 5) is 16.9. The smallest absolute Gasteiger partial charge is 0.246 e. The third-order valence-electron chi connectivity index (χ3n) is 8.92. The molecule has 2 bridgehead atoms. The zero-order valence-corrected chi connectivity index (χ0v) is 20.1. The molecular formula is C28H29N3O5. The van der Waals surface area contributed by atoms with Crippen LogP contribution in [0.5, 0.6) is 11.5 Å². The van der Waals surface area contributed by atoms with Gasteiger partial charge in [0.05, 0.1) is 41.7 Å². The van der Waals surface area contributed by atoms with Gasteiger partial charge in [0.15, 0.2) is 11.5 Å². The van der Waals surface area contributed by atoms with Gasteiger partial charge >= 0.3 is 0 Å². The van der Waals surface area contributed by atoms with Crippen LogP contribution < -0.4 is 4.74 Å². The van der Waals surface area contributed by atoms with Gasteiger partial charge in [0, 0.05) is 36.8 Å². The summed E-state index contributed by atoms with van der Waals surface area (Å²) in [5, 5.41) is 33.4. The van der Waals surface area contributed by atoms with Crippen LogP contribution in [0.1, 0.15) is 36.0 Å². The van der Waals surface area contributed by atoms with Crippen LogP contribution in [0, 0.1) is 11.3 Å². The number of carbonyl (C=O) groups is 1. The number of hydrogen-bond acceptors (Lipinski definition) is 7. The van der Waals surface area contributed by atoms with E-state index in [4.69, 9.17) is 9.15 Å². The Morgan fingerprint density at radius 3 is 2.97 bits per heavy atom. The van der Waals surface area contributed by atoms with Gasteiger partial charge in [-0.15, -0.1) is 6.58 Å². The normalized spacial score (nSPS) is 34.0. The number of aromatic hydroxyl groups is 1. The summed E-state index contributed by atoms with van der Waals surface area (Å²) in [6, 6.07) is 6.65. The molecule has 8 nitrogen and oxygen atoms in total. The molecule has 1 saturated heterocycles.